The molecule has 2 aliphatic heterocycles. The molecule has 9 nitrogen and oxygen atoms in total. The molecule has 0 fully saturated rings. The van der Waals surface area contributed by atoms with Gasteiger partial charge in [0.15, 0.2) is 0 Å². The number of hydrazine groups is 1. The number of aliphatic hydroxyl groups excluding tert-OH is 1. The molecule has 1 spiro atoms. The number of thioether (sulfide) groups is 1. The molecule has 2 heterocycles. The molecule has 2 aromatic carbocycles. The Balaban J connectivity index is 1.48. The molecule has 0 saturated heterocycles. The number of methoxy groups -OCH3 is 2. The van der Waals surface area contributed by atoms with Crippen molar-refractivity contribution in [2.24, 2.45) is 5.92 Å². The van der Waals surface area contributed by atoms with Crippen LogP contribution >= 0.6 is 27.7 Å². The van der Waals surface area contributed by atoms with E-state index >= 15 is 0 Å². The van der Waals surface area contributed by atoms with E-state index in [4.69, 9.17) is 14.2 Å². The zero-order valence-electron chi connectivity index (χ0n) is 23.8. The van der Waals surface area contributed by atoms with Crippen LogP contribution in [0, 0.1) is 5.92 Å². The summed E-state index contributed by atoms with van der Waals surface area (Å²) in [7, 11) is -0.622. The van der Waals surface area contributed by atoms with Gasteiger partial charge in [-0.3, -0.25) is 4.90 Å². The molecule has 12 heteroatoms. The van der Waals surface area contributed by atoms with Crippen molar-refractivity contribution in [2.75, 3.05) is 39.4 Å². The molecule has 0 amide bonds. The summed E-state index contributed by atoms with van der Waals surface area (Å²) >= 11 is 5.57. The Bertz CT molecular complexity index is 1400. The second-order valence-electron chi connectivity index (χ2n) is 10.9. The fourth-order valence-corrected chi connectivity index (χ4v) is 8.44. The van der Waals surface area contributed by atoms with Gasteiger partial charge in [0.05, 0.1) is 25.7 Å². The van der Waals surface area contributed by atoms with Crippen LogP contribution in [0.25, 0.3) is 0 Å². The third-order valence-corrected chi connectivity index (χ3v) is 11.4. The van der Waals surface area contributed by atoms with Crippen molar-refractivity contribution in [3.05, 3.63) is 57.7 Å². The van der Waals surface area contributed by atoms with E-state index in [1.165, 1.54) is 24.8 Å². The lowest BCUT2D eigenvalue weighted by Crippen LogP contribution is -2.51. The second-order valence-corrected chi connectivity index (χ2v) is 14.4. The van der Waals surface area contributed by atoms with Crippen LogP contribution in [0.5, 0.6) is 17.2 Å². The number of sulfonamides is 1. The molecule has 1 aliphatic carbocycles. The molecular weight excluding hydrogens is 630 g/mol. The second kappa shape index (κ2) is 12.3. The molecule has 224 valence electrons. The molecule has 0 saturated carbocycles. The van der Waals surface area contributed by atoms with Crippen LogP contribution in [0.1, 0.15) is 37.3 Å². The van der Waals surface area contributed by atoms with Gasteiger partial charge in [-0.25, -0.2) is 8.42 Å². The van der Waals surface area contributed by atoms with E-state index in [9.17, 15) is 13.5 Å². The van der Waals surface area contributed by atoms with Crippen molar-refractivity contribution in [3.8, 4) is 17.2 Å². The Morgan fingerprint density at radius 1 is 1.24 bits per heavy atom. The van der Waals surface area contributed by atoms with Gasteiger partial charge in [-0.2, -0.15) is 11.8 Å². The van der Waals surface area contributed by atoms with Crippen molar-refractivity contribution in [1.82, 2.24) is 15.2 Å². The average Bonchev–Trinajstić information content (AvgIpc) is 3.24. The van der Waals surface area contributed by atoms with Crippen LogP contribution in [0.4, 0.5) is 0 Å². The van der Waals surface area contributed by atoms with Gasteiger partial charge < -0.3 is 24.7 Å². The standard InChI is InChI=1S/C29H38BrN3O6S2/c1-18-12-20(31-32-41(35,36)23-8-6-22(37-2)7-9-23)14-25-29(18)15-21(17-34)33(10-5-11-40-4)16-19-13-24(38-3)27(30)28(39-25)26(19)29/h6-9,13-14,18,21,25,31-32,34H,5,10-12,15-17H2,1-4H3/t18-,21+,25-,29+/m1/s1. The van der Waals surface area contributed by atoms with Crippen LogP contribution in [-0.4, -0.2) is 69.9 Å². The number of nitrogens with one attached hydrogen (secondary N) is 2. The molecule has 41 heavy (non-hydrogen) atoms. The molecule has 4 atom stereocenters. The van der Waals surface area contributed by atoms with E-state index in [1.54, 1.807) is 19.2 Å². The van der Waals surface area contributed by atoms with Gasteiger partial charge >= 0.3 is 0 Å². The molecule has 0 unspecified atom stereocenters. The fourth-order valence-electron chi connectivity index (χ4n) is 6.58. The minimum absolute atomic E-state index is 0.0370. The van der Waals surface area contributed by atoms with E-state index in [2.05, 4.69) is 50.3 Å². The Hall–Kier alpha value is -1.96. The maximum Gasteiger partial charge on any atom is 0.257 e. The van der Waals surface area contributed by atoms with Crippen molar-refractivity contribution in [3.63, 3.8) is 0 Å². The number of halogens is 1. The van der Waals surface area contributed by atoms with Gasteiger partial charge in [-0.15, -0.1) is 4.83 Å². The normalized spacial score (nSPS) is 25.4. The highest BCUT2D eigenvalue weighted by atomic mass is 79.9. The third-order valence-electron chi connectivity index (χ3n) is 8.65. The molecular formula is C29H38BrN3O6S2. The Morgan fingerprint density at radius 3 is 2.66 bits per heavy atom. The van der Waals surface area contributed by atoms with Gasteiger partial charge in [0.25, 0.3) is 10.0 Å². The van der Waals surface area contributed by atoms with Crippen LogP contribution < -0.4 is 24.5 Å². The summed E-state index contributed by atoms with van der Waals surface area (Å²) in [6.45, 7) is 3.84. The van der Waals surface area contributed by atoms with Gasteiger partial charge in [-0.05, 0) is 102 Å². The van der Waals surface area contributed by atoms with Crippen LogP contribution in [-0.2, 0) is 22.0 Å². The minimum atomic E-state index is -3.81. The zero-order chi connectivity index (χ0) is 29.4. The molecule has 2 aromatic rings. The lowest BCUT2D eigenvalue weighted by Gasteiger charge is -2.44. The summed E-state index contributed by atoms with van der Waals surface area (Å²) in [5.74, 6) is 3.22. The highest BCUT2D eigenvalue weighted by molar-refractivity contribution is 9.10. The summed E-state index contributed by atoms with van der Waals surface area (Å²) in [5.41, 5.74) is 5.64. The first-order valence-electron chi connectivity index (χ1n) is 13.7. The van der Waals surface area contributed by atoms with E-state index in [0.29, 0.717) is 24.5 Å². The first kappa shape index (κ1) is 30.5. The van der Waals surface area contributed by atoms with Crippen LogP contribution in [0.2, 0.25) is 0 Å². The molecule has 0 bridgehead atoms. The monoisotopic (exact) mass is 667 g/mol. The highest BCUT2D eigenvalue weighted by Gasteiger charge is 2.58. The van der Waals surface area contributed by atoms with Crippen molar-refractivity contribution in [2.45, 2.75) is 55.2 Å². The third kappa shape index (κ3) is 5.59. The number of benzene rings is 2. The SMILES string of the molecule is COc1ccc(S(=O)(=O)NNC2=C[C@H]3Oc4c(Br)c(OC)cc5c4[C@@]3(C[C@@H](CO)N(CCCSC)C5)[C@H](C)C2)cc1. The predicted octanol–water partition coefficient (Wildman–Crippen LogP) is 4.19. The van der Waals surface area contributed by atoms with E-state index < -0.39 is 10.0 Å². The largest absolute Gasteiger partial charge is 0.497 e. The van der Waals surface area contributed by atoms with E-state index in [1.807, 2.05) is 17.8 Å². The number of nitrogens with zero attached hydrogens (tertiary/aromatic N) is 1. The van der Waals surface area contributed by atoms with Crippen LogP contribution in [0.15, 0.2) is 51.5 Å². The van der Waals surface area contributed by atoms with Gasteiger partial charge in [-0.1, -0.05) is 6.92 Å². The van der Waals surface area contributed by atoms with Gasteiger partial charge in [0.1, 0.15) is 27.8 Å². The maximum absolute atomic E-state index is 13.0. The smallest absolute Gasteiger partial charge is 0.257 e. The molecule has 3 N–H and O–H groups in total. The van der Waals surface area contributed by atoms with Crippen molar-refractivity contribution in [1.29, 1.82) is 0 Å². The Labute approximate surface area is 255 Å². The quantitative estimate of drug-likeness (QED) is 0.240. The van der Waals surface area contributed by atoms with Crippen molar-refractivity contribution < 1.29 is 27.7 Å². The summed E-state index contributed by atoms with van der Waals surface area (Å²) in [5, 5.41) is 10.6. The summed E-state index contributed by atoms with van der Waals surface area (Å²) in [6, 6.07) is 8.30. The minimum Gasteiger partial charge on any atom is -0.497 e. The number of hydrogen-bond donors (Lipinski definition) is 3. The summed E-state index contributed by atoms with van der Waals surface area (Å²) in [4.78, 5) is 5.07. The van der Waals surface area contributed by atoms with E-state index in [-0.39, 0.29) is 35.0 Å². The Morgan fingerprint density at radius 2 is 2.00 bits per heavy atom. The number of ether oxygens (including phenoxy) is 3. The van der Waals surface area contributed by atoms with Gasteiger partial charge in [0.2, 0.25) is 0 Å². The van der Waals surface area contributed by atoms with Crippen LogP contribution in [0.3, 0.4) is 0 Å². The average molecular weight is 669 g/mol. The number of allylic oxidation sites excluding steroid dienone is 1. The molecule has 0 aromatic heterocycles. The highest BCUT2D eigenvalue weighted by Crippen LogP contribution is 2.60. The predicted molar refractivity (Wildman–Crippen MR) is 164 cm³/mol. The number of rotatable bonds is 11. The zero-order valence-corrected chi connectivity index (χ0v) is 27.0. The fraction of sp³-hybridized carbons (Fsp3) is 0.517. The van der Waals surface area contributed by atoms with Gasteiger partial charge in [0, 0.05) is 29.3 Å². The lowest BCUT2D eigenvalue weighted by atomic mass is 9.60. The van der Waals surface area contributed by atoms with E-state index in [0.717, 1.165) is 46.6 Å². The first-order chi connectivity index (χ1) is 19.7. The Kier molecular flexibility index (Phi) is 9.18. The lowest BCUT2D eigenvalue weighted by molar-refractivity contribution is 0.0550. The topological polar surface area (TPSA) is 109 Å². The molecule has 3 aliphatic rings. The molecule has 5 rings (SSSR count). The molecule has 0 radical (unpaired) electrons. The summed E-state index contributed by atoms with van der Waals surface area (Å²) < 4.78 is 44.3. The number of hydrogen-bond acceptors (Lipinski definition) is 9. The van der Waals surface area contributed by atoms with Crippen molar-refractivity contribution >= 4 is 37.7 Å². The summed E-state index contributed by atoms with van der Waals surface area (Å²) in [6.07, 6.45) is 6.14. The first-order valence-corrected chi connectivity index (χ1v) is 17.4. The maximum atomic E-state index is 13.0. The number of aliphatic hydroxyl groups is 1.